The van der Waals surface area contributed by atoms with Crippen molar-refractivity contribution in [3.63, 3.8) is 0 Å². The van der Waals surface area contributed by atoms with E-state index in [0.717, 1.165) is 74.9 Å². The minimum atomic E-state index is 0.0598. The monoisotopic (exact) mass is 461 g/mol. The molecular formula is C23H31N3O3S2. The highest BCUT2D eigenvalue weighted by atomic mass is 32.2. The van der Waals surface area contributed by atoms with E-state index in [-0.39, 0.29) is 17.6 Å². The minimum absolute atomic E-state index is 0.0598. The van der Waals surface area contributed by atoms with Gasteiger partial charge >= 0.3 is 0 Å². The molecule has 1 atom stereocenters. The number of nitrogens with zero attached hydrogens (tertiary/aromatic N) is 3. The summed E-state index contributed by atoms with van der Waals surface area (Å²) in [4.78, 5) is 35.6. The van der Waals surface area contributed by atoms with E-state index in [1.807, 2.05) is 4.90 Å². The number of likely N-dealkylation sites (tertiary alicyclic amines) is 1. The van der Waals surface area contributed by atoms with Crippen LogP contribution in [0.1, 0.15) is 61.8 Å². The highest BCUT2D eigenvalue weighted by Crippen LogP contribution is 2.35. The van der Waals surface area contributed by atoms with Crippen LogP contribution in [0, 0.1) is 0 Å². The molecule has 5 rings (SSSR count). The largest absolute Gasteiger partial charge is 0.376 e. The maximum atomic E-state index is 13.6. The Bertz CT molecular complexity index is 1000. The lowest BCUT2D eigenvalue weighted by Gasteiger charge is -2.21. The second kappa shape index (κ2) is 9.63. The van der Waals surface area contributed by atoms with Gasteiger partial charge < -0.3 is 9.64 Å². The predicted octanol–water partition coefficient (Wildman–Crippen LogP) is 4.01. The molecular weight excluding hydrogens is 430 g/mol. The van der Waals surface area contributed by atoms with E-state index < -0.39 is 0 Å². The first kappa shape index (κ1) is 21.5. The molecule has 0 N–H and O–H groups in total. The lowest BCUT2D eigenvalue weighted by atomic mass is 9.97. The zero-order valence-electron chi connectivity index (χ0n) is 18.1. The average Bonchev–Trinajstić information content (AvgIpc) is 3.33. The van der Waals surface area contributed by atoms with Crippen LogP contribution in [-0.2, 0) is 28.9 Å². The number of aromatic nitrogens is 2. The third-order valence-electron chi connectivity index (χ3n) is 6.73. The van der Waals surface area contributed by atoms with E-state index in [9.17, 15) is 9.59 Å². The Morgan fingerprint density at radius 2 is 1.90 bits per heavy atom. The first-order valence-corrected chi connectivity index (χ1v) is 13.6. The van der Waals surface area contributed by atoms with Crippen LogP contribution in [0.15, 0.2) is 9.95 Å². The highest BCUT2D eigenvalue weighted by Gasteiger charge is 2.25. The van der Waals surface area contributed by atoms with Crippen molar-refractivity contribution in [3.8, 4) is 0 Å². The number of carbonyl (C=O) groups is 1. The second-order valence-electron chi connectivity index (χ2n) is 8.92. The molecule has 0 radical (unpaired) electrons. The molecule has 4 heterocycles. The van der Waals surface area contributed by atoms with Crippen LogP contribution in [0.5, 0.6) is 0 Å². The molecule has 8 heteroatoms. The predicted molar refractivity (Wildman–Crippen MR) is 125 cm³/mol. The molecule has 0 spiro atoms. The van der Waals surface area contributed by atoms with Gasteiger partial charge in [-0.1, -0.05) is 24.6 Å². The number of aryl methyl sites for hydroxylation is 2. The van der Waals surface area contributed by atoms with E-state index >= 15 is 0 Å². The van der Waals surface area contributed by atoms with E-state index in [4.69, 9.17) is 9.72 Å². The summed E-state index contributed by atoms with van der Waals surface area (Å²) in [5.41, 5.74) is 1.28. The molecule has 31 heavy (non-hydrogen) atoms. The normalized spacial score (nSPS) is 21.9. The molecule has 6 nitrogen and oxygen atoms in total. The third-order valence-corrected chi connectivity index (χ3v) is 8.88. The number of thiophene rings is 1. The minimum Gasteiger partial charge on any atom is -0.376 e. The first-order valence-electron chi connectivity index (χ1n) is 11.8. The van der Waals surface area contributed by atoms with E-state index in [1.165, 1.54) is 41.5 Å². The lowest BCUT2D eigenvalue weighted by Crippen LogP contribution is -2.34. The standard InChI is InChI=1S/C23H31N3O3S2/c27-19(25-11-5-1-2-6-12-25)15-30-23-24-21-20(17-9-3-4-10-18(17)31-21)22(28)26(23)14-16-8-7-13-29-16/h16H,1-15H2/t16-/m1/s1. The Balaban J connectivity index is 1.45. The van der Waals surface area contributed by atoms with Crippen molar-refractivity contribution < 1.29 is 9.53 Å². The zero-order valence-corrected chi connectivity index (χ0v) is 19.7. The van der Waals surface area contributed by atoms with Gasteiger partial charge in [-0.2, -0.15) is 0 Å². The van der Waals surface area contributed by atoms with Crippen molar-refractivity contribution in [1.29, 1.82) is 0 Å². The quantitative estimate of drug-likeness (QED) is 0.497. The van der Waals surface area contributed by atoms with Gasteiger partial charge in [0.05, 0.1) is 23.8 Å². The zero-order chi connectivity index (χ0) is 21.2. The lowest BCUT2D eigenvalue weighted by molar-refractivity contribution is -0.128. The molecule has 3 aliphatic rings. The summed E-state index contributed by atoms with van der Waals surface area (Å²) < 4.78 is 7.64. The molecule has 2 aromatic heterocycles. The Morgan fingerprint density at radius 1 is 1.10 bits per heavy atom. The Hall–Kier alpha value is -1.38. The summed E-state index contributed by atoms with van der Waals surface area (Å²) in [5, 5.41) is 1.50. The SMILES string of the molecule is O=C(CSc1nc2sc3c(c2c(=O)n1C[C@H]1CCCO1)CCCC3)N1CCCCCC1. The Kier molecular flexibility index (Phi) is 6.67. The fraction of sp³-hybridized carbons (Fsp3) is 0.696. The number of hydrogen-bond donors (Lipinski definition) is 0. The smallest absolute Gasteiger partial charge is 0.263 e. The van der Waals surface area contributed by atoms with Gasteiger partial charge in [-0.3, -0.25) is 14.2 Å². The summed E-state index contributed by atoms with van der Waals surface area (Å²) in [7, 11) is 0. The van der Waals surface area contributed by atoms with Crippen LogP contribution in [0.25, 0.3) is 10.2 Å². The van der Waals surface area contributed by atoms with Gasteiger partial charge in [-0.15, -0.1) is 11.3 Å². The average molecular weight is 462 g/mol. The number of ether oxygens (including phenoxy) is 1. The van der Waals surface area contributed by atoms with Crippen LogP contribution in [0.2, 0.25) is 0 Å². The van der Waals surface area contributed by atoms with Gasteiger partial charge in [0, 0.05) is 24.6 Å². The van der Waals surface area contributed by atoms with Crippen molar-refractivity contribution in [2.24, 2.45) is 0 Å². The van der Waals surface area contributed by atoms with Crippen molar-refractivity contribution in [3.05, 3.63) is 20.8 Å². The summed E-state index contributed by atoms with van der Waals surface area (Å²) in [6.07, 6.45) is 11.0. The van der Waals surface area contributed by atoms with Crippen molar-refractivity contribution >= 4 is 39.2 Å². The molecule has 0 unspecified atom stereocenters. The molecule has 0 bridgehead atoms. The summed E-state index contributed by atoms with van der Waals surface area (Å²) >= 11 is 3.11. The maximum absolute atomic E-state index is 13.6. The molecule has 0 saturated carbocycles. The summed E-state index contributed by atoms with van der Waals surface area (Å²) in [6, 6.07) is 0. The number of hydrogen-bond acceptors (Lipinski definition) is 6. The molecule has 2 fully saturated rings. The van der Waals surface area contributed by atoms with Crippen LogP contribution < -0.4 is 5.56 Å². The van der Waals surface area contributed by atoms with Crippen LogP contribution in [0.4, 0.5) is 0 Å². The third kappa shape index (κ3) is 4.57. The maximum Gasteiger partial charge on any atom is 0.263 e. The van der Waals surface area contributed by atoms with Crippen molar-refractivity contribution in [1.82, 2.24) is 14.5 Å². The molecule has 1 aliphatic carbocycles. The van der Waals surface area contributed by atoms with Gasteiger partial charge in [0.15, 0.2) is 5.16 Å². The van der Waals surface area contributed by atoms with E-state index in [2.05, 4.69) is 0 Å². The number of rotatable bonds is 5. The highest BCUT2D eigenvalue weighted by molar-refractivity contribution is 7.99. The molecule has 2 aromatic rings. The molecule has 2 saturated heterocycles. The Labute approximate surface area is 191 Å². The van der Waals surface area contributed by atoms with Gasteiger partial charge in [-0.25, -0.2) is 4.98 Å². The van der Waals surface area contributed by atoms with Gasteiger partial charge in [0.2, 0.25) is 5.91 Å². The van der Waals surface area contributed by atoms with Gasteiger partial charge in [-0.05, 0) is 56.9 Å². The van der Waals surface area contributed by atoms with Crippen LogP contribution >= 0.6 is 23.1 Å². The molecule has 2 aliphatic heterocycles. The van der Waals surface area contributed by atoms with E-state index in [0.29, 0.717) is 17.5 Å². The first-order chi connectivity index (χ1) is 15.2. The summed E-state index contributed by atoms with van der Waals surface area (Å²) in [5.74, 6) is 0.504. The van der Waals surface area contributed by atoms with Crippen molar-refractivity contribution in [2.45, 2.75) is 82.0 Å². The second-order valence-corrected chi connectivity index (χ2v) is 10.9. The number of carbonyl (C=O) groups excluding carboxylic acids is 1. The molecule has 168 valence electrons. The Morgan fingerprint density at radius 3 is 2.68 bits per heavy atom. The molecule has 0 aromatic carbocycles. The topological polar surface area (TPSA) is 64.4 Å². The van der Waals surface area contributed by atoms with Crippen molar-refractivity contribution in [2.75, 3.05) is 25.4 Å². The van der Waals surface area contributed by atoms with Crippen LogP contribution in [0.3, 0.4) is 0 Å². The molecule has 1 amide bonds. The number of fused-ring (bicyclic) bond motifs is 3. The van der Waals surface area contributed by atoms with Gasteiger partial charge in [0.25, 0.3) is 5.56 Å². The van der Waals surface area contributed by atoms with Crippen LogP contribution in [-0.4, -0.2) is 51.9 Å². The summed E-state index contributed by atoms with van der Waals surface area (Å²) in [6.45, 7) is 3.00. The fourth-order valence-corrected chi connectivity index (χ4v) is 7.23. The fourth-order valence-electron chi connectivity index (χ4n) is 5.02. The van der Waals surface area contributed by atoms with Gasteiger partial charge in [0.1, 0.15) is 4.83 Å². The number of thioether (sulfide) groups is 1. The van der Waals surface area contributed by atoms with E-state index in [1.54, 1.807) is 15.9 Å². The number of amides is 1.